The second-order valence-corrected chi connectivity index (χ2v) is 5.81. The maximum atomic E-state index is 6.10. The summed E-state index contributed by atoms with van der Waals surface area (Å²) >= 11 is 6.10. The predicted octanol–water partition coefficient (Wildman–Crippen LogP) is 3.13. The number of fused-ring (bicyclic) bond motifs is 1. The number of nitrogens with one attached hydrogen (secondary N) is 1. The molecule has 0 radical (unpaired) electrons. The Morgan fingerprint density at radius 3 is 3.10 bits per heavy atom. The Morgan fingerprint density at radius 2 is 2.24 bits per heavy atom. The lowest BCUT2D eigenvalue weighted by Crippen LogP contribution is -2.09. The van der Waals surface area contributed by atoms with Crippen LogP contribution in [0, 0.1) is 0 Å². The Kier molecular flexibility index (Phi) is 3.13. The van der Waals surface area contributed by atoms with Crippen molar-refractivity contribution in [2.75, 3.05) is 13.1 Å². The van der Waals surface area contributed by atoms with E-state index >= 15 is 0 Å². The van der Waals surface area contributed by atoms with Crippen LogP contribution < -0.4 is 5.32 Å². The Labute approximate surface area is 127 Å². The van der Waals surface area contributed by atoms with Crippen LogP contribution in [0.5, 0.6) is 0 Å². The highest BCUT2D eigenvalue weighted by Gasteiger charge is 2.18. The lowest BCUT2D eigenvalue weighted by Gasteiger charge is -2.09. The van der Waals surface area contributed by atoms with Crippen molar-refractivity contribution >= 4 is 17.1 Å². The molecule has 0 spiro atoms. The summed E-state index contributed by atoms with van der Waals surface area (Å²) < 4.78 is 1.83. The molecule has 3 aromatic rings. The molecule has 4 heterocycles. The number of hydrogen-bond acceptors (Lipinski definition) is 3. The molecule has 5 heteroatoms. The van der Waals surface area contributed by atoms with E-state index in [0.29, 0.717) is 10.9 Å². The molecule has 0 aromatic carbocycles. The van der Waals surface area contributed by atoms with Gasteiger partial charge in [-0.3, -0.25) is 4.98 Å². The molecule has 1 N–H and O–H groups in total. The minimum atomic E-state index is 0.510. The first-order valence-corrected chi connectivity index (χ1v) is 7.50. The quantitative estimate of drug-likeness (QED) is 0.790. The number of pyridine rings is 2. The lowest BCUT2D eigenvalue weighted by atomic mass is 10.0. The van der Waals surface area contributed by atoms with E-state index in [-0.39, 0.29) is 0 Å². The van der Waals surface area contributed by atoms with Gasteiger partial charge < -0.3 is 5.32 Å². The van der Waals surface area contributed by atoms with Crippen LogP contribution in [0.3, 0.4) is 0 Å². The first-order valence-electron chi connectivity index (χ1n) is 7.12. The molecule has 4 nitrogen and oxygen atoms in total. The van der Waals surface area contributed by atoms with Gasteiger partial charge in [0.1, 0.15) is 0 Å². The molecule has 4 rings (SSSR count). The summed E-state index contributed by atoms with van der Waals surface area (Å²) in [6, 6.07) is 9.97. The smallest absolute Gasteiger partial charge is 0.0770 e. The van der Waals surface area contributed by atoms with E-state index < -0.39 is 0 Å². The maximum absolute atomic E-state index is 6.10. The number of halogens is 1. The summed E-state index contributed by atoms with van der Waals surface area (Å²) in [7, 11) is 0. The second-order valence-electron chi connectivity index (χ2n) is 5.37. The largest absolute Gasteiger partial charge is 0.316 e. The third-order valence-electron chi connectivity index (χ3n) is 4.01. The van der Waals surface area contributed by atoms with Gasteiger partial charge in [0, 0.05) is 34.9 Å². The number of aromatic nitrogens is 3. The molecule has 1 aliphatic rings. The predicted molar refractivity (Wildman–Crippen MR) is 83.7 cm³/mol. The minimum Gasteiger partial charge on any atom is -0.316 e. The van der Waals surface area contributed by atoms with Gasteiger partial charge in [0.05, 0.1) is 17.4 Å². The third-order valence-corrected chi connectivity index (χ3v) is 4.24. The first kappa shape index (κ1) is 12.8. The van der Waals surface area contributed by atoms with E-state index in [1.54, 1.807) is 0 Å². The molecular weight excluding hydrogens is 284 g/mol. The summed E-state index contributed by atoms with van der Waals surface area (Å²) in [4.78, 5) is 4.84. The zero-order valence-corrected chi connectivity index (χ0v) is 12.2. The van der Waals surface area contributed by atoms with Crippen molar-refractivity contribution in [3.63, 3.8) is 0 Å². The van der Waals surface area contributed by atoms with Crippen molar-refractivity contribution in [1.29, 1.82) is 0 Å². The zero-order chi connectivity index (χ0) is 14.2. The van der Waals surface area contributed by atoms with E-state index in [4.69, 9.17) is 16.6 Å². The summed E-state index contributed by atoms with van der Waals surface area (Å²) in [6.45, 7) is 2.08. The average molecular weight is 299 g/mol. The molecule has 0 saturated carbocycles. The van der Waals surface area contributed by atoms with Gasteiger partial charge in [-0.15, -0.1) is 0 Å². The van der Waals surface area contributed by atoms with E-state index in [9.17, 15) is 0 Å². The Bertz CT molecular complexity index is 790. The topological polar surface area (TPSA) is 42.2 Å². The average Bonchev–Trinajstić information content (AvgIpc) is 3.16. The normalized spacial score (nSPS) is 18.4. The van der Waals surface area contributed by atoms with Crippen LogP contribution in [0.4, 0.5) is 0 Å². The number of hydrogen-bond donors (Lipinski definition) is 1. The molecule has 106 valence electrons. The van der Waals surface area contributed by atoms with Gasteiger partial charge in [-0.2, -0.15) is 5.10 Å². The summed E-state index contributed by atoms with van der Waals surface area (Å²) in [5.74, 6) is 0.510. The molecule has 21 heavy (non-hydrogen) atoms. The van der Waals surface area contributed by atoms with Crippen LogP contribution >= 0.6 is 11.6 Å². The van der Waals surface area contributed by atoms with Gasteiger partial charge in [0.2, 0.25) is 0 Å². The van der Waals surface area contributed by atoms with Crippen molar-refractivity contribution < 1.29 is 0 Å². The van der Waals surface area contributed by atoms with Crippen LogP contribution in [-0.4, -0.2) is 27.7 Å². The van der Waals surface area contributed by atoms with Crippen molar-refractivity contribution in [3.05, 3.63) is 53.4 Å². The monoisotopic (exact) mass is 298 g/mol. The third kappa shape index (κ3) is 2.30. The van der Waals surface area contributed by atoms with Gasteiger partial charge in [0.15, 0.2) is 0 Å². The summed E-state index contributed by atoms with van der Waals surface area (Å²) in [6.07, 6.45) is 4.87. The fraction of sp³-hybridized carbons (Fsp3) is 0.250. The van der Waals surface area contributed by atoms with Crippen molar-refractivity contribution in [1.82, 2.24) is 19.9 Å². The molecular formula is C16H15ClN4. The number of nitrogens with zero attached hydrogens (tertiary/aromatic N) is 3. The molecule has 3 aromatic heterocycles. The highest BCUT2D eigenvalue weighted by molar-refractivity contribution is 6.31. The van der Waals surface area contributed by atoms with Gasteiger partial charge in [-0.05, 0) is 37.2 Å². The molecule has 0 aliphatic carbocycles. The van der Waals surface area contributed by atoms with Crippen LogP contribution in [0.1, 0.15) is 18.0 Å². The lowest BCUT2D eigenvalue weighted by molar-refractivity contribution is 0.736. The van der Waals surface area contributed by atoms with E-state index in [1.807, 2.05) is 35.1 Å². The minimum absolute atomic E-state index is 0.510. The number of rotatable bonds is 2. The Morgan fingerprint density at radius 1 is 1.29 bits per heavy atom. The molecule has 1 saturated heterocycles. The van der Waals surface area contributed by atoms with Crippen LogP contribution in [0.25, 0.3) is 16.8 Å². The van der Waals surface area contributed by atoms with Gasteiger partial charge in [0.25, 0.3) is 0 Å². The SMILES string of the molecule is Clc1ccn2ncc(-c3cccc(C4CCNC4)n3)c2c1. The molecule has 0 bridgehead atoms. The molecule has 0 amide bonds. The van der Waals surface area contributed by atoms with Crippen molar-refractivity contribution in [2.24, 2.45) is 0 Å². The highest BCUT2D eigenvalue weighted by atomic mass is 35.5. The Hall–Kier alpha value is -1.91. The first-order chi connectivity index (χ1) is 10.3. The Balaban J connectivity index is 1.81. The molecule has 1 aliphatic heterocycles. The second kappa shape index (κ2) is 5.13. The van der Waals surface area contributed by atoms with Crippen LogP contribution in [-0.2, 0) is 0 Å². The standard InChI is InChI=1S/C16H15ClN4/c17-12-5-7-21-16(8-12)13(10-19-21)15-3-1-2-14(20-15)11-4-6-18-9-11/h1-3,5,7-8,10-11,18H,4,6,9H2. The molecule has 1 fully saturated rings. The van der Waals surface area contributed by atoms with Gasteiger partial charge in [-0.1, -0.05) is 17.7 Å². The van der Waals surface area contributed by atoms with E-state index in [0.717, 1.165) is 42.0 Å². The van der Waals surface area contributed by atoms with Crippen molar-refractivity contribution in [2.45, 2.75) is 12.3 Å². The fourth-order valence-corrected chi connectivity index (χ4v) is 3.05. The highest BCUT2D eigenvalue weighted by Crippen LogP contribution is 2.27. The van der Waals surface area contributed by atoms with Gasteiger partial charge >= 0.3 is 0 Å². The van der Waals surface area contributed by atoms with E-state index in [2.05, 4.69) is 22.5 Å². The van der Waals surface area contributed by atoms with Crippen LogP contribution in [0.2, 0.25) is 5.02 Å². The zero-order valence-electron chi connectivity index (χ0n) is 11.5. The summed E-state index contributed by atoms with van der Waals surface area (Å²) in [5.41, 5.74) is 4.11. The van der Waals surface area contributed by atoms with Gasteiger partial charge in [-0.25, -0.2) is 4.52 Å². The molecule has 1 atom stereocenters. The molecule has 1 unspecified atom stereocenters. The fourth-order valence-electron chi connectivity index (χ4n) is 2.89. The van der Waals surface area contributed by atoms with Crippen LogP contribution in [0.15, 0.2) is 42.7 Å². The van der Waals surface area contributed by atoms with E-state index in [1.165, 1.54) is 0 Å². The summed E-state index contributed by atoms with van der Waals surface area (Å²) in [5, 5.41) is 8.47. The maximum Gasteiger partial charge on any atom is 0.0770 e. The van der Waals surface area contributed by atoms with Crippen molar-refractivity contribution in [3.8, 4) is 11.3 Å².